The van der Waals surface area contributed by atoms with E-state index in [4.69, 9.17) is 0 Å². The van der Waals surface area contributed by atoms with Crippen molar-refractivity contribution < 1.29 is 0 Å². The molecule has 1 aliphatic carbocycles. The molecule has 1 N–H and O–H groups in total. The van der Waals surface area contributed by atoms with Gasteiger partial charge in [0.15, 0.2) is 0 Å². The third kappa shape index (κ3) is 2.82. The third-order valence-electron chi connectivity index (χ3n) is 2.98. The molecule has 1 fully saturated rings. The number of hydrogen-bond acceptors (Lipinski definition) is 1. The van der Waals surface area contributed by atoms with Crippen LogP contribution in [0.5, 0.6) is 0 Å². The summed E-state index contributed by atoms with van der Waals surface area (Å²) in [6.07, 6.45) is 2.69. The molecule has 0 spiro atoms. The summed E-state index contributed by atoms with van der Waals surface area (Å²) >= 11 is 0. The minimum atomic E-state index is 0.282. The van der Waals surface area contributed by atoms with E-state index in [9.17, 15) is 0 Å². The fourth-order valence-electron chi connectivity index (χ4n) is 1.98. The molecule has 0 saturated heterocycles. The molecule has 1 aromatic carbocycles. The molecular formula is C14H21N. The van der Waals surface area contributed by atoms with Crippen LogP contribution in [0.4, 0.5) is 0 Å². The van der Waals surface area contributed by atoms with Gasteiger partial charge in [-0.1, -0.05) is 51.1 Å². The van der Waals surface area contributed by atoms with Crippen LogP contribution < -0.4 is 5.32 Å². The molecule has 0 amide bonds. The Hall–Kier alpha value is -0.820. The Balaban J connectivity index is 2.17. The maximum atomic E-state index is 3.75. The number of nitrogens with one attached hydrogen (secondary N) is 1. The summed E-state index contributed by atoms with van der Waals surface area (Å²) in [5, 5.41) is 3.75. The van der Waals surface area contributed by atoms with Crippen molar-refractivity contribution in [2.24, 2.45) is 5.41 Å². The first kappa shape index (κ1) is 10.7. The molecule has 1 nitrogen and oxygen atoms in total. The second kappa shape index (κ2) is 3.97. The maximum absolute atomic E-state index is 3.75. The van der Waals surface area contributed by atoms with Crippen molar-refractivity contribution in [1.29, 1.82) is 0 Å². The Labute approximate surface area is 92.9 Å². The van der Waals surface area contributed by atoms with Crippen molar-refractivity contribution in [3.05, 3.63) is 35.9 Å². The van der Waals surface area contributed by atoms with Gasteiger partial charge in [-0.3, -0.25) is 0 Å². The van der Waals surface area contributed by atoms with Crippen LogP contribution in [0.1, 0.15) is 45.2 Å². The highest BCUT2D eigenvalue weighted by Crippen LogP contribution is 2.35. The van der Waals surface area contributed by atoms with Crippen molar-refractivity contribution in [1.82, 2.24) is 5.32 Å². The first-order valence-electron chi connectivity index (χ1n) is 5.88. The minimum Gasteiger partial charge on any atom is -0.307 e. The number of rotatable bonds is 3. The fraction of sp³-hybridized carbons (Fsp3) is 0.571. The molecular weight excluding hydrogens is 182 g/mol. The van der Waals surface area contributed by atoms with Crippen LogP contribution in [-0.2, 0) is 0 Å². The van der Waals surface area contributed by atoms with Gasteiger partial charge in [0.2, 0.25) is 0 Å². The third-order valence-corrected chi connectivity index (χ3v) is 2.98. The molecule has 15 heavy (non-hydrogen) atoms. The molecule has 82 valence electrons. The van der Waals surface area contributed by atoms with Gasteiger partial charge in [-0.05, 0) is 23.8 Å². The second-order valence-electron chi connectivity index (χ2n) is 5.65. The minimum absolute atomic E-state index is 0.282. The first-order valence-corrected chi connectivity index (χ1v) is 5.88. The highest BCUT2D eigenvalue weighted by molar-refractivity contribution is 5.21. The molecule has 1 unspecified atom stereocenters. The molecule has 0 aliphatic heterocycles. The van der Waals surface area contributed by atoms with E-state index in [0.29, 0.717) is 6.04 Å². The van der Waals surface area contributed by atoms with E-state index in [2.05, 4.69) is 56.4 Å². The van der Waals surface area contributed by atoms with Crippen LogP contribution in [0.25, 0.3) is 0 Å². The summed E-state index contributed by atoms with van der Waals surface area (Å²) < 4.78 is 0. The lowest BCUT2D eigenvalue weighted by molar-refractivity contribution is 0.270. The van der Waals surface area contributed by atoms with Gasteiger partial charge in [-0.2, -0.15) is 0 Å². The van der Waals surface area contributed by atoms with Crippen LogP contribution in [0.3, 0.4) is 0 Å². The monoisotopic (exact) mass is 203 g/mol. The summed E-state index contributed by atoms with van der Waals surface area (Å²) in [5.74, 6) is 0. The molecule has 0 bridgehead atoms. The summed E-state index contributed by atoms with van der Waals surface area (Å²) in [6, 6.07) is 12.0. The van der Waals surface area contributed by atoms with E-state index in [1.807, 2.05) is 0 Å². The smallest absolute Gasteiger partial charge is 0.0371 e. The molecule has 1 aromatic rings. The summed E-state index contributed by atoms with van der Waals surface area (Å²) in [6.45, 7) is 6.92. The lowest BCUT2D eigenvalue weighted by Gasteiger charge is -2.32. The maximum Gasteiger partial charge on any atom is 0.0371 e. The lowest BCUT2D eigenvalue weighted by atomic mass is 9.82. The van der Waals surface area contributed by atoms with Crippen LogP contribution in [0.2, 0.25) is 0 Å². The number of benzene rings is 1. The molecule has 1 atom stereocenters. The Kier molecular flexibility index (Phi) is 2.83. The molecule has 1 heteroatoms. The average Bonchev–Trinajstić information content (AvgIpc) is 2.97. The van der Waals surface area contributed by atoms with Gasteiger partial charge in [0, 0.05) is 12.1 Å². The van der Waals surface area contributed by atoms with E-state index in [1.54, 1.807) is 0 Å². The van der Waals surface area contributed by atoms with Gasteiger partial charge in [0.05, 0.1) is 0 Å². The Morgan fingerprint density at radius 1 is 1.13 bits per heavy atom. The van der Waals surface area contributed by atoms with Crippen molar-refractivity contribution in [2.45, 2.75) is 45.7 Å². The average molecular weight is 203 g/mol. The van der Waals surface area contributed by atoms with Gasteiger partial charge in [-0.25, -0.2) is 0 Å². The Morgan fingerprint density at radius 2 is 1.73 bits per heavy atom. The summed E-state index contributed by atoms with van der Waals surface area (Å²) in [5.41, 5.74) is 1.70. The summed E-state index contributed by atoms with van der Waals surface area (Å²) in [7, 11) is 0. The molecule has 0 aromatic heterocycles. The second-order valence-corrected chi connectivity index (χ2v) is 5.65. The SMILES string of the molecule is CC(C)(C)C(NC1CC1)c1ccccc1. The highest BCUT2D eigenvalue weighted by Gasteiger charge is 2.31. The first-order chi connectivity index (χ1) is 7.07. The quantitative estimate of drug-likeness (QED) is 0.792. The molecule has 1 saturated carbocycles. The van der Waals surface area contributed by atoms with Crippen LogP contribution in [0.15, 0.2) is 30.3 Å². The van der Waals surface area contributed by atoms with E-state index in [0.717, 1.165) is 6.04 Å². The zero-order chi connectivity index (χ0) is 10.9. The Bertz CT molecular complexity index is 306. The number of hydrogen-bond donors (Lipinski definition) is 1. The van der Waals surface area contributed by atoms with Crippen molar-refractivity contribution in [2.75, 3.05) is 0 Å². The van der Waals surface area contributed by atoms with Crippen LogP contribution >= 0.6 is 0 Å². The predicted octanol–water partition coefficient (Wildman–Crippen LogP) is 3.53. The predicted molar refractivity (Wildman–Crippen MR) is 64.8 cm³/mol. The standard InChI is InChI=1S/C14H21N/c1-14(2,3)13(15-12-9-10-12)11-7-5-4-6-8-11/h4-8,12-13,15H,9-10H2,1-3H3. The molecule has 0 radical (unpaired) electrons. The van der Waals surface area contributed by atoms with Crippen molar-refractivity contribution >= 4 is 0 Å². The lowest BCUT2D eigenvalue weighted by Crippen LogP contribution is -2.33. The normalized spacial score (nSPS) is 18.9. The van der Waals surface area contributed by atoms with E-state index >= 15 is 0 Å². The zero-order valence-electron chi connectivity index (χ0n) is 9.96. The van der Waals surface area contributed by atoms with Gasteiger partial charge in [0.1, 0.15) is 0 Å². The molecule has 2 rings (SSSR count). The largest absolute Gasteiger partial charge is 0.307 e. The molecule has 1 aliphatic rings. The van der Waals surface area contributed by atoms with Crippen molar-refractivity contribution in [3.8, 4) is 0 Å². The molecule has 0 heterocycles. The van der Waals surface area contributed by atoms with Crippen molar-refractivity contribution in [3.63, 3.8) is 0 Å². The van der Waals surface area contributed by atoms with Gasteiger partial charge >= 0.3 is 0 Å². The highest BCUT2D eigenvalue weighted by atomic mass is 15.0. The Morgan fingerprint density at radius 3 is 2.20 bits per heavy atom. The fourth-order valence-corrected chi connectivity index (χ4v) is 1.98. The van der Waals surface area contributed by atoms with Gasteiger partial charge in [0.25, 0.3) is 0 Å². The van der Waals surface area contributed by atoms with Crippen LogP contribution in [0, 0.1) is 5.41 Å². The van der Waals surface area contributed by atoms with Gasteiger partial charge in [-0.15, -0.1) is 0 Å². The summed E-state index contributed by atoms with van der Waals surface area (Å²) in [4.78, 5) is 0. The van der Waals surface area contributed by atoms with E-state index in [-0.39, 0.29) is 5.41 Å². The van der Waals surface area contributed by atoms with E-state index in [1.165, 1.54) is 18.4 Å². The van der Waals surface area contributed by atoms with Gasteiger partial charge < -0.3 is 5.32 Å². The van der Waals surface area contributed by atoms with Crippen LogP contribution in [-0.4, -0.2) is 6.04 Å². The topological polar surface area (TPSA) is 12.0 Å². The zero-order valence-corrected chi connectivity index (χ0v) is 9.96. The van der Waals surface area contributed by atoms with E-state index < -0.39 is 0 Å².